The van der Waals surface area contributed by atoms with Crippen molar-refractivity contribution in [2.24, 2.45) is 5.73 Å². The van der Waals surface area contributed by atoms with Crippen molar-refractivity contribution in [2.75, 3.05) is 23.4 Å². The van der Waals surface area contributed by atoms with Crippen LogP contribution >= 0.6 is 15.9 Å². The Morgan fingerprint density at radius 1 is 1.43 bits per heavy atom. The lowest BCUT2D eigenvalue weighted by molar-refractivity contribution is 0.534. The molecule has 3 N–H and O–H groups in total. The summed E-state index contributed by atoms with van der Waals surface area (Å²) in [7, 11) is -3.02. The third-order valence-electron chi connectivity index (χ3n) is 3.86. The number of pyridine rings is 1. The zero-order chi connectivity index (χ0) is 15.1. The van der Waals surface area contributed by atoms with E-state index in [9.17, 15) is 8.42 Å². The van der Waals surface area contributed by atoms with Gasteiger partial charge in [0.05, 0.1) is 28.2 Å². The number of benzene rings is 1. The highest BCUT2D eigenvalue weighted by atomic mass is 79.9. The zero-order valence-corrected chi connectivity index (χ0v) is 13.7. The monoisotopic (exact) mass is 369 g/mol. The predicted molar refractivity (Wildman–Crippen MR) is 88.1 cm³/mol. The van der Waals surface area contributed by atoms with E-state index in [1.807, 2.05) is 24.3 Å². The Kier molecular flexibility index (Phi) is 3.67. The van der Waals surface area contributed by atoms with Gasteiger partial charge in [0, 0.05) is 22.6 Å². The second kappa shape index (κ2) is 5.23. The van der Waals surface area contributed by atoms with Crippen molar-refractivity contribution < 1.29 is 8.42 Å². The molecule has 1 saturated heterocycles. The summed E-state index contributed by atoms with van der Waals surface area (Å²) in [5, 5.41) is 4.33. The smallest absolute Gasteiger partial charge is 0.152 e. The van der Waals surface area contributed by atoms with Crippen LogP contribution in [-0.4, -0.2) is 37.0 Å². The number of hydrogen-bond acceptors (Lipinski definition) is 5. The molecular formula is C14H16BrN3O2S. The first-order chi connectivity index (χ1) is 9.93. The van der Waals surface area contributed by atoms with Gasteiger partial charge in [0.15, 0.2) is 9.84 Å². The van der Waals surface area contributed by atoms with Crippen LogP contribution in [0, 0.1) is 0 Å². The fourth-order valence-corrected chi connectivity index (χ4v) is 5.12. The summed E-state index contributed by atoms with van der Waals surface area (Å²) in [6.07, 6.45) is 2.26. The van der Waals surface area contributed by atoms with Crippen molar-refractivity contribution in [3.8, 4) is 0 Å². The number of nitrogens with one attached hydrogen (secondary N) is 1. The van der Waals surface area contributed by atoms with Gasteiger partial charge in [0.1, 0.15) is 0 Å². The maximum atomic E-state index is 11.8. The predicted octanol–water partition coefficient (Wildman–Crippen LogP) is 1.93. The van der Waals surface area contributed by atoms with Gasteiger partial charge < -0.3 is 11.1 Å². The molecule has 1 atom stereocenters. The van der Waals surface area contributed by atoms with Crippen LogP contribution in [0.3, 0.4) is 0 Å². The number of anilines is 1. The minimum absolute atomic E-state index is 0.0728. The second-order valence-electron chi connectivity index (χ2n) is 5.48. The van der Waals surface area contributed by atoms with Gasteiger partial charge in [0.25, 0.3) is 0 Å². The van der Waals surface area contributed by atoms with Crippen molar-refractivity contribution >= 4 is 42.4 Å². The number of aromatic nitrogens is 1. The number of fused-ring (bicyclic) bond motifs is 1. The van der Waals surface area contributed by atoms with Crippen LogP contribution in [0.5, 0.6) is 0 Å². The minimum Gasteiger partial charge on any atom is -0.376 e. The standard InChI is InChI=1S/C14H16BrN3O2S/c15-11-6-10-2-1-3-12(13(10)17-7-11)18-14(8-16)4-5-21(19,20)9-14/h1-3,6-7,18H,4-5,8-9,16H2. The molecule has 1 unspecified atom stereocenters. The SMILES string of the molecule is NCC1(Nc2cccc3cc(Br)cnc23)CCS(=O)(=O)C1. The molecule has 21 heavy (non-hydrogen) atoms. The minimum atomic E-state index is -3.02. The van der Waals surface area contributed by atoms with E-state index in [0.29, 0.717) is 6.42 Å². The number of nitrogens with two attached hydrogens (primary N) is 1. The van der Waals surface area contributed by atoms with Crippen LogP contribution in [0.4, 0.5) is 5.69 Å². The topological polar surface area (TPSA) is 85.1 Å². The number of hydrogen-bond donors (Lipinski definition) is 2. The highest BCUT2D eigenvalue weighted by Gasteiger charge is 2.41. The van der Waals surface area contributed by atoms with E-state index < -0.39 is 15.4 Å². The van der Waals surface area contributed by atoms with Crippen molar-refractivity contribution in [3.63, 3.8) is 0 Å². The molecule has 2 heterocycles. The second-order valence-corrected chi connectivity index (χ2v) is 8.58. The highest BCUT2D eigenvalue weighted by molar-refractivity contribution is 9.10. The van der Waals surface area contributed by atoms with Crippen LogP contribution in [0.25, 0.3) is 10.9 Å². The normalized spacial score (nSPS) is 24.3. The lowest BCUT2D eigenvalue weighted by Crippen LogP contribution is -2.46. The van der Waals surface area contributed by atoms with E-state index in [1.165, 1.54) is 0 Å². The lowest BCUT2D eigenvalue weighted by atomic mass is 9.98. The summed E-state index contributed by atoms with van der Waals surface area (Å²) in [6, 6.07) is 7.78. The molecule has 0 aliphatic carbocycles. The van der Waals surface area contributed by atoms with E-state index in [1.54, 1.807) is 6.20 Å². The Balaban J connectivity index is 2.02. The number of para-hydroxylation sites is 1. The molecule has 1 aliphatic rings. The number of nitrogens with zero attached hydrogens (tertiary/aromatic N) is 1. The van der Waals surface area contributed by atoms with Crippen LogP contribution < -0.4 is 11.1 Å². The molecule has 1 aromatic carbocycles. The van der Waals surface area contributed by atoms with Crippen LogP contribution in [0.1, 0.15) is 6.42 Å². The highest BCUT2D eigenvalue weighted by Crippen LogP contribution is 2.31. The van der Waals surface area contributed by atoms with Crippen LogP contribution in [0.2, 0.25) is 0 Å². The molecule has 3 rings (SSSR count). The third-order valence-corrected chi connectivity index (χ3v) is 6.11. The molecule has 1 fully saturated rings. The van der Waals surface area contributed by atoms with E-state index in [2.05, 4.69) is 26.2 Å². The quantitative estimate of drug-likeness (QED) is 0.863. The summed E-state index contributed by atoms with van der Waals surface area (Å²) in [4.78, 5) is 4.42. The Morgan fingerprint density at radius 3 is 2.90 bits per heavy atom. The van der Waals surface area contributed by atoms with Crippen molar-refractivity contribution in [3.05, 3.63) is 34.9 Å². The first kappa shape index (κ1) is 14.7. The molecule has 0 radical (unpaired) electrons. The number of halogens is 1. The van der Waals surface area contributed by atoms with Crippen molar-refractivity contribution in [1.29, 1.82) is 0 Å². The first-order valence-electron chi connectivity index (χ1n) is 6.66. The molecular weight excluding hydrogens is 354 g/mol. The van der Waals surface area contributed by atoms with E-state index >= 15 is 0 Å². The van der Waals surface area contributed by atoms with Gasteiger partial charge in [-0.1, -0.05) is 12.1 Å². The Labute approximate surface area is 132 Å². The average molecular weight is 370 g/mol. The maximum Gasteiger partial charge on any atom is 0.152 e. The van der Waals surface area contributed by atoms with Crippen molar-refractivity contribution in [2.45, 2.75) is 12.0 Å². The molecule has 112 valence electrons. The summed E-state index contributed by atoms with van der Waals surface area (Å²) in [6.45, 7) is 0.277. The van der Waals surface area contributed by atoms with Crippen LogP contribution in [0.15, 0.2) is 34.9 Å². The molecule has 0 spiro atoms. The summed E-state index contributed by atoms with van der Waals surface area (Å²) in [5.41, 5.74) is 6.89. The largest absolute Gasteiger partial charge is 0.376 e. The average Bonchev–Trinajstić information content (AvgIpc) is 2.75. The van der Waals surface area contributed by atoms with Gasteiger partial charge in [-0.3, -0.25) is 4.98 Å². The lowest BCUT2D eigenvalue weighted by Gasteiger charge is -2.29. The fourth-order valence-electron chi connectivity index (χ4n) is 2.75. The molecule has 2 aromatic rings. The first-order valence-corrected chi connectivity index (χ1v) is 9.27. The summed E-state index contributed by atoms with van der Waals surface area (Å²) in [5.74, 6) is 0.254. The van der Waals surface area contributed by atoms with Crippen LogP contribution in [-0.2, 0) is 9.84 Å². The maximum absolute atomic E-state index is 11.8. The number of sulfone groups is 1. The van der Waals surface area contributed by atoms with Gasteiger partial charge in [-0.2, -0.15) is 0 Å². The molecule has 5 nitrogen and oxygen atoms in total. The van der Waals surface area contributed by atoms with Crippen molar-refractivity contribution in [1.82, 2.24) is 4.98 Å². The van der Waals surface area contributed by atoms with E-state index in [4.69, 9.17) is 5.73 Å². The van der Waals surface area contributed by atoms with Gasteiger partial charge >= 0.3 is 0 Å². The molecule has 0 bridgehead atoms. The van der Waals surface area contributed by atoms with Gasteiger partial charge in [-0.25, -0.2) is 8.42 Å². The van der Waals surface area contributed by atoms with Gasteiger partial charge in [-0.05, 0) is 34.5 Å². The molecule has 0 amide bonds. The van der Waals surface area contributed by atoms with Gasteiger partial charge in [-0.15, -0.1) is 0 Å². The summed E-state index contributed by atoms with van der Waals surface area (Å²) >= 11 is 3.40. The molecule has 1 aromatic heterocycles. The fraction of sp³-hybridized carbons (Fsp3) is 0.357. The zero-order valence-electron chi connectivity index (χ0n) is 11.3. The molecule has 7 heteroatoms. The van der Waals surface area contributed by atoms with E-state index in [0.717, 1.165) is 21.1 Å². The number of rotatable bonds is 3. The van der Waals surface area contributed by atoms with Gasteiger partial charge in [0.2, 0.25) is 0 Å². The third kappa shape index (κ3) is 2.90. The molecule has 1 aliphatic heterocycles. The summed E-state index contributed by atoms with van der Waals surface area (Å²) < 4.78 is 24.5. The molecule has 0 saturated carbocycles. The Hall–Kier alpha value is -1.18. The Morgan fingerprint density at radius 2 is 2.24 bits per heavy atom. The van der Waals surface area contributed by atoms with E-state index in [-0.39, 0.29) is 18.1 Å². The Bertz CT molecular complexity index is 794.